The summed E-state index contributed by atoms with van der Waals surface area (Å²) in [5.41, 5.74) is 0.0263. The Bertz CT molecular complexity index is 1020. The minimum atomic E-state index is -4.01. The number of carboxylic acids is 1. The number of hydrazone groups is 1. The Morgan fingerprint density at radius 3 is 1.81 bits per heavy atom. The van der Waals surface area contributed by atoms with Crippen molar-refractivity contribution in [3.05, 3.63) is 0 Å². The molecule has 19 heteroatoms. The molecule has 0 rings (SSSR count). The normalized spacial score (nSPS) is 12.4. The van der Waals surface area contributed by atoms with Crippen LogP contribution in [0.4, 0.5) is 0 Å². The molecule has 43 heavy (non-hydrogen) atoms. The van der Waals surface area contributed by atoms with E-state index in [4.69, 9.17) is 35.7 Å². The summed E-state index contributed by atoms with van der Waals surface area (Å²) in [5.74, 6) is 7.85. The molecule has 0 heterocycles. The predicted octanol–water partition coefficient (Wildman–Crippen LogP) is -2.62. The third-order valence-corrected chi connectivity index (χ3v) is 7.72. The van der Waals surface area contributed by atoms with E-state index in [2.05, 4.69) is 21.2 Å². The van der Waals surface area contributed by atoms with E-state index in [1.54, 1.807) is 13.8 Å². The Balaban J connectivity index is 3.98. The van der Waals surface area contributed by atoms with Crippen LogP contribution in [0, 0.1) is 10.8 Å². The summed E-state index contributed by atoms with van der Waals surface area (Å²) in [4.78, 5) is 46.7. The number of nitrogens with one attached hydrogen (secondary N) is 4. The van der Waals surface area contributed by atoms with E-state index in [0.29, 0.717) is 0 Å². The van der Waals surface area contributed by atoms with Crippen molar-refractivity contribution in [2.75, 3.05) is 71.7 Å². The molecular formula is C24H47N7O11S. The number of amidine groups is 1. The third-order valence-electron chi connectivity index (χ3n) is 6.39. The maximum atomic E-state index is 12.8. The fourth-order valence-electron chi connectivity index (χ4n) is 3.13. The number of hydrogen-bond acceptors (Lipinski definition) is 13. The van der Waals surface area contributed by atoms with Crippen molar-refractivity contribution in [3.63, 3.8) is 0 Å². The van der Waals surface area contributed by atoms with Gasteiger partial charge in [0.25, 0.3) is 0 Å². The molecule has 0 saturated heterocycles. The molecule has 18 nitrogen and oxygen atoms in total. The minimum Gasteiger partial charge on any atom is -0.480 e. The lowest BCUT2D eigenvalue weighted by molar-refractivity contribution is -0.142. The number of nitrogens with two attached hydrogens (primary N) is 2. The first kappa shape index (κ1) is 39.9. The SMILES string of the molecule is CC(C)(C(=O)NS(=O)(=O)CCCC(=O)NCCOCCOCC(=O)NCCOCCOCC(=O)O)C(C)(C)/C(=N/N)NN. The number of hydrazine groups is 1. The van der Waals surface area contributed by atoms with Crippen molar-refractivity contribution in [2.45, 2.75) is 40.5 Å². The number of amides is 3. The first-order chi connectivity index (χ1) is 20.1. The largest absolute Gasteiger partial charge is 0.480 e. The number of carbonyl (C=O) groups excluding carboxylic acids is 3. The van der Waals surface area contributed by atoms with Crippen LogP contribution in [0.5, 0.6) is 0 Å². The predicted molar refractivity (Wildman–Crippen MR) is 155 cm³/mol. The van der Waals surface area contributed by atoms with E-state index in [0.717, 1.165) is 0 Å². The molecule has 0 fully saturated rings. The van der Waals surface area contributed by atoms with E-state index in [-0.39, 0.29) is 89.8 Å². The van der Waals surface area contributed by atoms with Crippen molar-refractivity contribution in [1.82, 2.24) is 20.8 Å². The van der Waals surface area contributed by atoms with Crippen molar-refractivity contribution in [3.8, 4) is 0 Å². The number of aliphatic carboxylic acids is 1. The van der Waals surface area contributed by atoms with E-state index >= 15 is 0 Å². The standard InChI is InChI=1S/C24H47N7O11S/c1-23(2,21(29-25)30-26)24(3,4)22(36)31-43(37,38)15-5-6-18(32)27-7-9-39-11-13-41-16-19(33)28-8-10-40-12-14-42-17-20(34)35/h5-17,25-26H2,1-4H3,(H,27,32)(H,28,33)(H,29,30)(H,31,36)(H,34,35). The van der Waals surface area contributed by atoms with Gasteiger partial charge >= 0.3 is 5.97 Å². The second-order valence-electron chi connectivity index (χ2n) is 10.1. The molecule has 3 amide bonds. The molecule has 0 aliphatic heterocycles. The molecule has 0 aromatic rings. The van der Waals surface area contributed by atoms with E-state index in [1.807, 2.05) is 4.72 Å². The average molecular weight is 642 g/mol. The molecule has 0 unspecified atom stereocenters. The topological polar surface area (TPSA) is 272 Å². The van der Waals surface area contributed by atoms with Crippen LogP contribution in [0.1, 0.15) is 40.5 Å². The molecule has 0 aliphatic rings. The molecule has 0 aliphatic carbocycles. The van der Waals surface area contributed by atoms with Gasteiger partial charge in [-0.15, -0.1) is 0 Å². The quantitative estimate of drug-likeness (QED) is 0.0187. The van der Waals surface area contributed by atoms with E-state index < -0.39 is 45.1 Å². The fourth-order valence-corrected chi connectivity index (χ4v) is 4.29. The molecule has 0 atom stereocenters. The van der Waals surface area contributed by atoms with Crippen LogP contribution in [-0.2, 0) is 48.1 Å². The Morgan fingerprint density at radius 2 is 1.30 bits per heavy atom. The van der Waals surface area contributed by atoms with Crippen molar-refractivity contribution >= 4 is 39.5 Å². The average Bonchev–Trinajstić information content (AvgIpc) is 2.91. The van der Waals surface area contributed by atoms with Crippen LogP contribution in [0.2, 0.25) is 0 Å². The van der Waals surface area contributed by atoms with E-state index in [1.165, 1.54) is 13.8 Å². The van der Waals surface area contributed by atoms with Crippen LogP contribution in [0.25, 0.3) is 0 Å². The number of hydrogen-bond donors (Lipinski definition) is 7. The molecule has 0 spiro atoms. The van der Waals surface area contributed by atoms with Gasteiger partial charge in [-0.2, -0.15) is 5.10 Å². The first-order valence-electron chi connectivity index (χ1n) is 13.5. The second kappa shape index (κ2) is 20.7. The number of sulfonamides is 1. The highest BCUT2D eigenvalue weighted by Crippen LogP contribution is 2.39. The zero-order valence-electron chi connectivity index (χ0n) is 25.2. The highest BCUT2D eigenvalue weighted by Gasteiger charge is 2.47. The Hall–Kier alpha value is -3.10. The minimum absolute atomic E-state index is 0.0117. The van der Waals surface area contributed by atoms with Gasteiger partial charge in [-0.3, -0.25) is 19.1 Å². The maximum Gasteiger partial charge on any atom is 0.329 e. The molecule has 0 bridgehead atoms. The van der Waals surface area contributed by atoms with Gasteiger partial charge in [0, 0.05) is 24.9 Å². The summed E-state index contributed by atoms with van der Waals surface area (Å²) in [6.07, 6.45) is -0.0882. The Morgan fingerprint density at radius 1 is 0.791 bits per heavy atom. The highest BCUT2D eigenvalue weighted by atomic mass is 32.2. The highest BCUT2D eigenvalue weighted by molar-refractivity contribution is 7.90. The molecule has 250 valence electrons. The van der Waals surface area contributed by atoms with Crippen LogP contribution in [0.3, 0.4) is 0 Å². The van der Waals surface area contributed by atoms with Gasteiger partial charge in [-0.25, -0.2) is 19.1 Å². The fraction of sp³-hybridized carbons (Fsp3) is 0.792. The lowest BCUT2D eigenvalue weighted by atomic mass is 9.66. The maximum absolute atomic E-state index is 12.8. The first-order valence-corrected chi connectivity index (χ1v) is 15.1. The summed E-state index contributed by atoms with van der Waals surface area (Å²) in [7, 11) is -4.01. The lowest BCUT2D eigenvalue weighted by Crippen LogP contribution is -2.56. The lowest BCUT2D eigenvalue weighted by Gasteiger charge is -2.39. The van der Waals surface area contributed by atoms with Crippen LogP contribution in [0.15, 0.2) is 5.10 Å². The van der Waals surface area contributed by atoms with Gasteiger partial charge in [0.1, 0.15) is 19.0 Å². The number of carbonyl (C=O) groups is 4. The van der Waals surface area contributed by atoms with Crippen LogP contribution >= 0.6 is 0 Å². The molecular weight excluding hydrogens is 594 g/mol. The summed E-state index contributed by atoms with van der Waals surface area (Å²) >= 11 is 0. The summed E-state index contributed by atoms with van der Waals surface area (Å²) in [6, 6.07) is 0. The number of rotatable bonds is 24. The van der Waals surface area contributed by atoms with Gasteiger partial charge in [-0.1, -0.05) is 27.7 Å². The van der Waals surface area contributed by atoms with E-state index in [9.17, 15) is 27.6 Å². The van der Waals surface area contributed by atoms with Gasteiger partial charge in [-0.05, 0) is 6.42 Å². The number of carboxylic acid groups (broad SMARTS) is 1. The molecule has 0 saturated carbocycles. The van der Waals surface area contributed by atoms with Gasteiger partial charge in [0.2, 0.25) is 27.7 Å². The Labute approximate surface area is 252 Å². The summed E-state index contributed by atoms with van der Waals surface area (Å²) in [5, 5.41) is 17.1. The summed E-state index contributed by atoms with van der Waals surface area (Å²) in [6.45, 7) is 7.33. The number of nitrogens with zero attached hydrogens (tertiary/aromatic N) is 1. The Kier molecular flexibility index (Phi) is 19.2. The van der Waals surface area contributed by atoms with Crippen LogP contribution < -0.4 is 32.5 Å². The smallest absolute Gasteiger partial charge is 0.329 e. The zero-order chi connectivity index (χ0) is 32.9. The van der Waals surface area contributed by atoms with Crippen molar-refractivity contribution in [1.29, 1.82) is 0 Å². The van der Waals surface area contributed by atoms with Gasteiger partial charge in [0.05, 0.1) is 50.8 Å². The van der Waals surface area contributed by atoms with Crippen molar-refractivity contribution < 1.29 is 51.6 Å². The summed E-state index contributed by atoms with van der Waals surface area (Å²) < 4.78 is 47.3. The second-order valence-corrected chi connectivity index (χ2v) is 12.0. The van der Waals surface area contributed by atoms with Gasteiger partial charge in [0.15, 0.2) is 0 Å². The monoisotopic (exact) mass is 641 g/mol. The van der Waals surface area contributed by atoms with Crippen molar-refractivity contribution in [2.24, 2.45) is 27.6 Å². The molecule has 9 N–H and O–H groups in total. The molecule has 0 aromatic carbocycles. The number of ether oxygens (including phenoxy) is 4. The molecule has 0 radical (unpaired) electrons. The third kappa shape index (κ3) is 17.0. The zero-order valence-corrected chi connectivity index (χ0v) is 26.0. The van der Waals surface area contributed by atoms with Crippen LogP contribution in [-0.4, -0.2) is 115 Å². The molecule has 0 aromatic heterocycles. The van der Waals surface area contributed by atoms with Gasteiger partial charge < -0.3 is 46.0 Å².